The van der Waals surface area contributed by atoms with E-state index in [0.717, 1.165) is 10.8 Å². The van der Waals surface area contributed by atoms with Crippen LogP contribution < -0.4 is 4.57 Å². The predicted octanol–water partition coefficient (Wildman–Crippen LogP) is 2.88. The Morgan fingerprint density at radius 3 is 2.43 bits per heavy atom. The SMILES string of the molecule is N#Cc1ccc(C(=O)C[n+]2ccc3ccccc3c2)cc1. The Kier molecular flexibility index (Phi) is 3.44. The molecule has 2 aromatic carbocycles. The van der Waals surface area contributed by atoms with E-state index in [9.17, 15) is 4.79 Å². The summed E-state index contributed by atoms with van der Waals surface area (Å²) in [6.07, 6.45) is 3.88. The van der Waals surface area contributed by atoms with E-state index in [0.29, 0.717) is 11.1 Å². The zero-order valence-corrected chi connectivity index (χ0v) is 11.4. The van der Waals surface area contributed by atoms with Gasteiger partial charge in [0.05, 0.1) is 11.6 Å². The van der Waals surface area contributed by atoms with Crippen LogP contribution in [0.15, 0.2) is 67.0 Å². The fourth-order valence-corrected chi connectivity index (χ4v) is 2.26. The van der Waals surface area contributed by atoms with E-state index in [2.05, 4.69) is 0 Å². The molecule has 0 N–H and O–H groups in total. The molecule has 0 unspecified atom stereocenters. The van der Waals surface area contributed by atoms with Crippen LogP contribution in [0.4, 0.5) is 0 Å². The topological polar surface area (TPSA) is 44.7 Å². The number of carbonyl (C=O) groups excluding carboxylic acids is 1. The number of pyridine rings is 1. The van der Waals surface area contributed by atoms with Crippen LogP contribution in [0.2, 0.25) is 0 Å². The highest BCUT2D eigenvalue weighted by atomic mass is 16.1. The first kappa shape index (κ1) is 13.0. The van der Waals surface area contributed by atoms with Crippen molar-refractivity contribution in [2.45, 2.75) is 6.54 Å². The lowest BCUT2D eigenvalue weighted by atomic mass is 10.1. The fourth-order valence-electron chi connectivity index (χ4n) is 2.26. The average molecular weight is 273 g/mol. The van der Waals surface area contributed by atoms with E-state index in [4.69, 9.17) is 5.26 Å². The van der Waals surface area contributed by atoms with Gasteiger partial charge in [0, 0.05) is 17.0 Å². The minimum absolute atomic E-state index is 0.0276. The molecular weight excluding hydrogens is 260 g/mol. The van der Waals surface area contributed by atoms with Gasteiger partial charge in [0.25, 0.3) is 0 Å². The second-order valence-corrected chi connectivity index (χ2v) is 4.86. The van der Waals surface area contributed by atoms with Crippen molar-refractivity contribution in [3.63, 3.8) is 0 Å². The normalized spacial score (nSPS) is 10.2. The van der Waals surface area contributed by atoms with Crippen molar-refractivity contribution < 1.29 is 9.36 Å². The van der Waals surface area contributed by atoms with Gasteiger partial charge in [-0.05, 0) is 35.7 Å². The Bertz CT molecular complexity index is 845. The molecule has 1 aromatic heterocycles. The van der Waals surface area contributed by atoms with Gasteiger partial charge in [-0.25, -0.2) is 0 Å². The Hall–Kier alpha value is -2.99. The van der Waals surface area contributed by atoms with Crippen LogP contribution in [-0.4, -0.2) is 5.78 Å². The molecule has 1 heterocycles. The maximum Gasteiger partial charge on any atom is 0.227 e. The maximum absolute atomic E-state index is 12.2. The van der Waals surface area contributed by atoms with Crippen molar-refractivity contribution in [1.82, 2.24) is 0 Å². The molecule has 0 atom stereocenters. The standard InChI is InChI=1S/C18H13N2O/c19-11-14-5-7-16(8-6-14)18(21)13-20-10-9-15-3-1-2-4-17(15)12-20/h1-10,12H,13H2/q+1. The Morgan fingerprint density at radius 2 is 1.71 bits per heavy atom. The molecule has 3 heteroatoms. The quantitative estimate of drug-likeness (QED) is 0.544. The first-order valence-corrected chi connectivity index (χ1v) is 6.67. The molecule has 3 rings (SSSR count). The van der Waals surface area contributed by atoms with Gasteiger partial charge in [-0.3, -0.25) is 4.79 Å². The number of ketones is 1. The molecule has 0 spiro atoms. The van der Waals surface area contributed by atoms with Crippen molar-refractivity contribution in [2.75, 3.05) is 0 Å². The summed E-state index contributed by atoms with van der Waals surface area (Å²) in [5.74, 6) is 0.0276. The zero-order valence-electron chi connectivity index (χ0n) is 11.4. The van der Waals surface area contributed by atoms with Gasteiger partial charge in [0.1, 0.15) is 0 Å². The molecule has 3 aromatic rings. The third-order valence-corrected chi connectivity index (χ3v) is 3.41. The van der Waals surface area contributed by atoms with Crippen LogP contribution in [0.1, 0.15) is 15.9 Å². The molecule has 3 nitrogen and oxygen atoms in total. The molecule has 0 saturated carbocycles. The Morgan fingerprint density at radius 1 is 1.00 bits per heavy atom. The summed E-state index contributed by atoms with van der Waals surface area (Å²) < 4.78 is 1.88. The van der Waals surface area contributed by atoms with E-state index in [1.807, 2.05) is 53.4 Å². The lowest BCUT2D eigenvalue weighted by Crippen LogP contribution is -2.37. The third kappa shape index (κ3) is 2.80. The number of benzene rings is 2. The average Bonchev–Trinajstić information content (AvgIpc) is 2.55. The van der Waals surface area contributed by atoms with Gasteiger partial charge >= 0.3 is 0 Å². The van der Waals surface area contributed by atoms with E-state index in [1.54, 1.807) is 24.3 Å². The van der Waals surface area contributed by atoms with Crippen molar-refractivity contribution in [2.24, 2.45) is 0 Å². The summed E-state index contributed by atoms with van der Waals surface area (Å²) in [6.45, 7) is 0.288. The van der Waals surface area contributed by atoms with Gasteiger partial charge < -0.3 is 0 Å². The van der Waals surface area contributed by atoms with Crippen LogP contribution in [0, 0.1) is 11.3 Å². The van der Waals surface area contributed by atoms with Crippen LogP contribution in [0.5, 0.6) is 0 Å². The van der Waals surface area contributed by atoms with Crippen molar-refractivity contribution >= 4 is 16.6 Å². The maximum atomic E-state index is 12.2. The molecule has 0 saturated heterocycles. The minimum Gasteiger partial charge on any atom is -0.287 e. The Labute approximate surface area is 122 Å². The highest BCUT2D eigenvalue weighted by Crippen LogP contribution is 2.10. The number of carbonyl (C=O) groups is 1. The molecule has 100 valence electrons. The van der Waals surface area contributed by atoms with E-state index < -0.39 is 0 Å². The number of Topliss-reactive ketones (excluding diaryl/α,β-unsaturated/α-hetero) is 1. The van der Waals surface area contributed by atoms with E-state index in [1.165, 1.54) is 0 Å². The van der Waals surface area contributed by atoms with Gasteiger partial charge in [-0.1, -0.05) is 18.2 Å². The fraction of sp³-hybridized carbons (Fsp3) is 0.0556. The summed E-state index contributed by atoms with van der Waals surface area (Å²) in [4.78, 5) is 12.2. The summed E-state index contributed by atoms with van der Waals surface area (Å²) in [6, 6.07) is 18.8. The van der Waals surface area contributed by atoms with E-state index >= 15 is 0 Å². The second kappa shape index (κ2) is 5.56. The van der Waals surface area contributed by atoms with Gasteiger partial charge in [0.2, 0.25) is 12.3 Å². The first-order valence-electron chi connectivity index (χ1n) is 6.67. The Balaban J connectivity index is 1.83. The highest BCUT2D eigenvalue weighted by Gasteiger charge is 2.12. The summed E-state index contributed by atoms with van der Waals surface area (Å²) in [5.41, 5.74) is 1.18. The summed E-state index contributed by atoms with van der Waals surface area (Å²) in [5, 5.41) is 11.0. The molecule has 0 bridgehead atoms. The molecule has 0 aliphatic carbocycles. The van der Waals surface area contributed by atoms with Crippen LogP contribution in [0.25, 0.3) is 10.8 Å². The lowest BCUT2D eigenvalue weighted by molar-refractivity contribution is -0.681. The van der Waals surface area contributed by atoms with Crippen molar-refractivity contribution in [3.05, 3.63) is 78.1 Å². The highest BCUT2D eigenvalue weighted by molar-refractivity contribution is 5.95. The largest absolute Gasteiger partial charge is 0.287 e. The predicted molar refractivity (Wildman–Crippen MR) is 79.6 cm³/mol. The van der Waals surface area contributed by atoms with Crippen LogP contribution in [-0.2, 0) is 6.54 Å². The van der Waals surface area contributed by atoms with Crippen molar-refractivity contribution in [3.8, 4) is 6.07 Å². The smallest absolute Gasteiger partial charge is 0.227 e. The van der Waals surface area contributed by atoms with Gasteiger partial charge in [0.15, 0.2) is 12.4 Å². The molecular formula is C18H13N2O+. The summed E-state index contributed by atoms with van der Waals surface area (Å²) in [7, 11) is 0. The third-order valence-electron chi connectivity index (χ3n) is 3.41. The van der Waals surface area contributed by atoms with Crippen LogP contribution in [0.3, 0.4) is 0 Å². The molecule has 0 fully saturated rings. The lowest BCUT2D eigenvalue weighted by Gasteiger charge is -2.00. The number of rotatable bonds is 3. The molecule has 21 heavy (non-hydrogen) atoms. The minimum atomic E-state index is 0.0276. The number of hydrogen-bond acceptors (Lipinski definition) is 2. The van der Waals surface area contributed by atoms with Gasteiger partial charge in [-0.15, -0.1) is 0 Å². The van der Waals surface area contributed by atoms with Crippen molar-refractivity contribution in [1.29, 1.82) is 5.26 Å². The number of aromatic nitrogens is 1. The monoisotopic (exact) mass is 273 g/mol. The number of nitrogens with zero attached hydrogens (tertiary/aromatic N) is 2. The molecule has 0 aliphatic heterocycles. The second-order valence-electron chi connectivity index (χ2n) is 4.86. The first-order chi connectivity index (χ1) is 10.3. The number of nitriles is 1. The van der Waals surface area contributed by atoms with E-state index in [-0.39, 0.29) is 12.3 Å². The zero-order chi connectivity index (χ0) is 14.7. The molecule has 0 amide bonds. The number of hydrogen-bond donors (Lipinski definition) is 0. The van der Waals surface area contributed by atoms with Gasteiger partial charge in [-0.2, -0.15) is 9.83 Å². The molecule has 0 radical (unpaired) electrons. The molecule has 0 aliphatic rings. The number of fused-ring (bicyclic) bond motifs is 1. The van der Waals surface area contributed by atoms with Crippen LogP contribution >= 0.6 is 0 Å². The summed E-state index contributed by atoms with van der Waals surface area (Å²) >= 11 is 0.